The molecule has 2 heteroatoms. The van der Waals surface area contributed by atoms with Crippen molar-refractivity contribution in [2.75, 3.05) is 6.54 Å². The number of nitrogens with one attached hydrogen (secondary N) is 1. The first kappa shape index (κ1) is 9.63. The summed E-state index contributed by atoms with van der Waals surface area (Å²) in [7, 11) is 0. The molecule has 0 amide bonds. The third-order valence-corrected chi connectivity index (χ3v) is 1.37. The monoisotopic (exact) mass is 143 g/mol. The van der Waals surface area contributed by atoms with Gasteiger partial charge < -0.3 is 10.1 Å². The van der Waals surface area contributed by atoms with E-state index in [-0.39, 0.29) is 0 Å². The molecule has 0 aromatic heterocycles. The second-order valence-electron chi connectivity index (χ2n) is 3.11. The van der Waals surface area contributed by atoms with Crippen molar-refractivity contribution in [2.24, 2.45) is 5.92 Å². The molecule has 0 spiro atoms. The van der Waals surface area contributed by atoms with Gasteiger partial charge in [0.05, 0.1) is 6.54 Å². The van der Waals surface area contributed by atoms with Crippen molar-refractivity contribution in [3.05, 3.63) is 0 Å². The highest BCUT2D eigenvalue weighted by Gasteiger charge is 2.01. The first-order valence-electron chi connectivity index (χ1n) is 3.83. The van der Waals surface area contributed by atoms with Crippen LogP contribution < -0.4 is 5.32 Å². The number of hydrogen-bond donors (Lipinski definition) is 1. The van der Waals surface area contributed by atoms with Crippen molar-refractivity contribution < 1.29 is 4.79 Å². The summed E-state index contributed by atoms with van der Waals surface area (Å²) in [5, 5.41) is 3.10. The highest BCUT2D eigenvalue weighted by molar-refractivity contribution is 5.51. The Morgan fingerprint density at radius 3 is 2.40 bits per heavy atom. The smallest absolute Gasteiger partial charge is 0.133 e. The van der Waals surface area contributed by atoms with Gasteiger partial charge in [0.25, 0.3) is 0 Å². The van der Waals surface area contributed by atoms with Gasteiger partial charge in [-0.3, -0.25) is 0 Å². The fourth-order valence-corrected chi connectivity index (χ4v) is 1.04. The molecule has 10 heavy (non-hydrogen) atoms. The Balaban J connectivity index is 3.24. The molecule has 0 rings (SSSR count). The molecular weight excluding hydrogens is 126 g/mol. The van der Waals surface area contributed by atoms with Gasteiger partial charge >= 0.3 is 0 Å². The Bertz CT molecular complexity index is 91.3. The lowest BCUT2D eigenvalue weighted by atomic mass is 10.1. The Labute approximate surface area is 63.0 Å². The number of aldehydes is 1. The summed E-state index contributed by atoms with van der Waals surface area (Å²) in [5.74, 6) is 0.703. The van der Waals surface area contributed by atoms with Gasteiger partial charge in [-0.05, 0) is 19.3 Å². The SMILES string of the molecule is CC(C)CC(C)NCC=O. The van der Waals surface area contributed by atoms with Crippen LogP contribution in [0.5, 0.6) is 0 Å². The lowest BCUT2D eigenvalue weighted by Crippen LogP contribution is -2.28. The summed E-state index contributed by atoms with van der Waals surface area (Å²) < 4.78 is 0. The minimum absolute atomic E-state index is 0.463. The van der Waals surface area contributed by atoms with Crippen LogP contribution in [-0.4, -0.2) is 18.9 Å². The van der Waals surface area contributed by atoms with Crippen LogP contribution in [0.25, 0.3) is 0 Å². The van der Waals surface area contributed by atoms with Crippen molar-refractivity contribution in [1.29, 1.82) is 0 Å². The normalized spacial score (nSPS) is 13.6. The van der Waals surface area contributed by atoms with Gasteiger partial charge in [-0.1, -0.05) is 13.8 Å². The number of carbonyl (C=O) groups excluding carboxylic acids is 1. The maximum Gasteiger partial charge on any atom is 0.133 e. The minimum Gasteiger partial charge on any atom is -0.308 e. The summed E-state index contributed by atoms with van der Waals surface area (Å²) in [6.45, 7) is 6.94. The van der Waals surface area contributed by atoms with Crippen molar-refractivity contribution >= 4 is 6.29 Å². The predicted octanol–water partition coefficient (Wildman–Crippen LogP) is 1.21. The van der Waals surface area contributed by atoms with Crippen molar-refractivity contribution in [3.8, 4) is 0 Å². The van der Waals surface area contributed by atoms with E-state index in [2.05, 4.69) is 26.1 Å². The fourth-order valence-electron chi connectivity index (χ4n) is 1.04. The third-order valence-electron chi connectivity index (χ3n) is 1.37. The van der Waals surface area contributed by atoms with E-state index in [0.717, 1.165) is 12.7 Å². The Kier molecular flexibility index (Phi) is 5.22. The number of carbonyl (C=O) groups is 1. The molecule has 0 aliphatic rings. The highest BCUT2D eigenvalue weighted by atomic mass is 16.1. The standard InChI is InChI=1S/C8H17NO/c1-7(2)6-8(3)9-4-5-10/h5,7-9H,4,6H2,1-3H3. The van der Waals surface area contributed by atoms with Crippen LogP contribution >= 0.6 is 0 Å². The zero-order chi connectivity index (χ0) is 7.98. The lowest BCUT2D eigenvalue weighted by Gasteiger charge is -2.13. The van der Waals surface area contributed by atoms with E-state index in [0.29, 0.717) is 18.5 Å². The van der Waals surface area contributed by atoms with E-state index in [9.17, 15) is 4.79 Å². The van der Waals surface area contributed by atoms with Gasteiger partial charge in [0.15, 0.2) is 0 Å². The van der Waals surface area contributed by atoms with Gasteiger partial charge in [0.2, 0.25) is 0 Å². The molecule has 0 bridgehead atoms. The summed E-state index contributed by atoms with van der Waals surface area (Å²) in [4.78, 5) is 9.93. The molecule has 1 unspecified atom stereocenters. The molecule has 1 N–H and O–H groups in total. The molecule has 0 heterocycles. The zero-order valence-electron chi connectivity index (χ0n) is 7.05. The van der Waals surface area contributed by atoms with Crippen LogP contribution in [-0.2, 0) is 4.79 Å². The number of hydrogen-bond acceptors (Lipinski definition) is 2. The Hall–Kier alpha value is -0.370. The fraction of sp³-hybridized carbons (Fsp3) is 0.875. The van der Waals surface area contributed by atoms with E-state index in [1.165, 1.54) is 0 Å². The van der Waals surface area contributed by atoms with Crippen LogP contribution in [0.15, 0.2) is 0 Å². The summed E-state index contributed by atoms with van der Waals surface area (Å²) in [5.41, 5.74) is 0. The van der Waals surface area contributed by atoms with E-state index < -0.39 is 0 Å². The molecule has 0 aromatic rings. The maximum absolute atomic E-state index is 9.93. The molecule has 2 nitrogen and oxygen atoms in total. The molecule has 0 aliphatic heterocycles. The van der Waals surface area contributed by atoms with E-state index >= 15 is 0 Å². The first-order valence-corrected chi connectivity index (χ1v) is 3.83. The van der Waals surface area contributed by atoms with Crippen molar-refractivity contribution in [3.63, 3.8) is 0 Å². The molecule has 1 atom stereocenters. The number of rotatable bonds is 5. The van der Waals surface area contributed by atoms with Gasteiger partial charge in [-0.15, -0.1) is 0 Å². The quantitative estimate of drug-likeness (QED) is 0.586. The van der Waals surface area contributed by atoms with E-state index in [4.69, 9.17) is 0 Å². The van der Waals surface area contributed by atoms with Crippen LogP contribution in [0.2, 0.25) is 0 Å². The minimum atomic E-state index is 0.463. The molecule has 0 radical (unpaired) electrons. The summed E-state index contributed by atoms with van der Waals surface area (Å²) >= 11 is 0. The Morgan fingerprint density at radius 2 is 2.00 bits per heavy atom. The second-order valence-corrected chi connectivity index (χ2v) is 3.11. The molecule has 0 fully saturated rings. The molecule has 0 aromatic carbocycles. The molecular formula is C8H17NO. The van der Waals surface area contributed by atoms with Gasteiger partial charge in [-0.25, -0.2) is 0 Å². The molecule has 0 saturated carbocycles. The highest BCUT2D eigenvalue weighted by Crippen LogP contribution is 2.02. The zero-order valence-corrected chi connectivity index (χ0v) is 7.05. The summed E-state index contributed by atoms with van der Waals surface area (Å²) in [6, 6.07) is 0.463. The van der Waals surface area contributed by atoms with Crippen molar-refractivity contribution in [2.45, 2.75) is 33.2 Å². The van der Waals surface area contributed by atoms with Gasteiger partial charge in [0.1, 0.15) is 6.29 Å². The second kappa shape index (κ2) is 5.42. The topological polar surface area (TPSA) is 29.1 Å². The average molecular weight is 143 g/mol. The molecule has 60 valence electrons. The van der Waals surface area contributed by atoms with Crippen LogP contribution in [0.1, 0.15) is 27.2 Å². The van der Waals surface area contributed by atoms with Crippen LogP contribution in [0, 0.1) is 5.92 Å². The van der Waals surface area contributed by atoms with Crippen LogP contribution in [0.4, 0.5) is 0 Å². The lowest BCUT2D eigenvalue weighted by molar-refractivity contribution is -0.107. The van der Waals surface area contributed by atoms with Gasteiger partial charge in [-0.2, -0.15) is 0 Å². The van der Waals surface area contributed by atoms with E-state index in [1.807, 2.05) is 0 Å². The largest absolute Gasteiger partial charge is 0.308 e. The van der Waals surface area contributed by atoms with E-state index in [1.54, 1.807) is 0 Å². The molecule has 0 aliphatic carbocycles. The van der Waals surface area contributed by atoms with Gasteiger partial charge in [0, 0.05) is 6.04 Å². The molecule has 0 saturated heterocycles. The average Bonchev–Trinajstić information content (AvgIpc) is 1.82. The van der Waals surface area contributed by atoms with Crippen molar-refractivity contribution in [1.82, 2.24) is 5.32 Å². The predicted molar refractivity (Wildman–Crippen MR) is 43.0 cm³/mol. The first-order chi connectivity index (χ1) is 4.66. The summed E-state index contributed by atoms with van der Waals surface area (Å²) in [6.07, 6.45) is 2.03. The Morgan fingerprint density at radius 1 is 1.40 bits per heavy atom. The third kappa shape index (κ3) is 5.76. The maximum atomic E-state index is 9.93. The van der Waals surface area contributed by atoms with Crippen LogP contribution in [0.3, 0.4) is 0 Å².